The second-order valence-corrected chi connectivity index (χ2v) is 11.1. The van der Waals surface area contributed by atoms with Gasteiger partial charge in [0.1, 0.15) is 16.9 Å². The van der Waals surface area contributed by atoms with E-state index in [1.54, 1.807) is 12.1 Å². The Morgan fingerprint density at radius 3 is 2.45 bits per heavy atom. The number of halogens is 3. The zero-order valence-electron chi connectivity index (χ0n) is 21.2. The molecule has 1 aliphatic heterocycles. The Balaban J connectivity index is 1.47. The van der Waals surface area contributed by atoms with Crippen LogP contribution in [0.3, 0.4) is 0 Å². The predicted octanol–water partition coefficient (Wildman–Crippen LogP) is 5.82. The van der Waals surface area contributed by atoms with Gasteiger partial charge in [-0.15, -0.1) is 0 Å². The van der Waals surface area contributed by atoms with Crippen LogP contribution in [0.15, 0.2) is 41.2 Å². The molecule has 4 aromatic rings. The van der Waals surface area contributed by atoms with Crippen LogP contribution in [0.2, 0.25) is 15.1 Å². The van der Waals surface area contributed by atoms with Crippen molar-refractivity contribution in [1.82, 2.24) is 24.6 Å². The minimum absolute atomic E-state index is 0.00272. The molecule has 5 rings (SSSR count). The van der Waals surface area contributed by atoms with E-state index >= 15 is 0 Å². The number of amides is 1. The number of rotatable bonds is 6. The molecule has 2 aromatic carbocycles. The molecule has 0 saturated carbocycles. The second kappa shape index (κ2) is 10.7. The fraction of sp³-hybridized carbons (Fsp3) is 0.333. The van der Waals surface area contributed by atoms with Crippen molar-refractivity contribution in [1.29, 1.82) is 0 Å². The number of nitrogens with zero attached hydrogens (tertiary/aromatic N) is 4. The normalized spacial score (nSPS) is 16.0. The number of nitrogens with one attached hydrogen (secondary N) is 2. The summed E-state index contributed by atoms with van der Waals surface area (Å²) in [5, 5.41) is 9.05. The molecule has 0 spiro atoms. The van der Waals surface area contributed by atoms with Crippen LogP contribution >= 0.6 is 34.8 Å². The summed E-state index contributed by atoms with van der Waals surface area (Å²) in [6.45, 7) is 4.84. The van der Waals surface area contributed by atoms with Gasteiger partial charge in [0.05, 0.1) is 21.8 Å². The highest BCUT2D eigenvalue weighted by Crippen LogP contribution is 2.34. The maximum atomic E-state index is 13.2. The Kier molecular flexibility index (Phi) is 7.51. The van der Waals surface area contributed by atoms with E-state index in [0.29, 0.717) is 49.7 Å². The van der Waals surface area contributed by atoms with Gasteiger partial charge in [0, 0.05) is 17.1 Å². The van der Waals surface area contributed by atoms with Gasteiger partial charge in [-0.25, -0.2) is 9.67 Å². The highest BCUT2D eigenvalue weighted by atomic mass is 35.5. The van der Waals surface area contributed by atoms with Gasteiger partial charge < -0.3 is 10.3 Å². The number of anilines is 1. The van der Waals surface area contributed by atoms with Crippen molar-refractivity contribution >= 4 is 57.4 Å². The van der Waals surface area contributed by atoms with Crippen LogP contribution in [0.25, 0.3) is 16.7 Å². The molecule has 1 fully saturated rings. The maximum Gasteiger partial charge on any atom is 0.262 e. The predicted molar refractivity (Wildman–Crippen MR) is 152 cm³/mol. The summed E-state index contributed by atoms with van der Waals surface area (Å²) in [4.78, 5) is 35.6. The van der Waals surface area contributed by atoms with Crippen molar-refractivity contribution in [3.05, 3.63) is 78.9 Å². The lowest BCUT2D eigenvalue weighted by Crippen LogP contribution is -2.37. The van der Waals surface area contributed by atoms with Gasteiger partial charge in [0.15, 0.2) is 5.65 Å². The van der Waals surface area contributed by atoms with Crippen LogP contribution in [-0.4, -0.2) is 50.2 Å². The molecule has 0 radical (unpaired) electrons. The minimum Gasteiger partial charge on any atom is -0.325 e. The maximum absolute atomic E-state index is 13.2. The molecule has 0 aliphatic carbocycles. The third-order valence-corrected chi connectivity index (χ3v) is 7.56. The van der Waals surface area contributed by atoms with Crippen LogP contribution in [0.1, 0.15) is 49.7 Å². The van der Waals surface area contributed by atoms with Crippen LogP contribution in [0.4, 0.5) is 5.69 Å². The van der Waals surface area contributed by atoms with E-state index in [2.05, 4.69) is 20.3 Å². The van der Waals surface area contributed by atoms with Gasteiger partial charge >= 0.3 is 0 Å². The third kappa shape index (κ3) is 5.18. The summed E-state index contributed by atoms with van der Waals surface area (Å²) in [6, 6.07) is 10.6. The van der Waals surface area contributed by atoms with E-state index < -0.39 is 0 Å². The molecular weight excluding hydrogens is 547 g/mol. The molecule has 1 atom stereocenters. The highest BCUT2D eigenvalue weighted by molar-refractivity contribution is 6.40. The molecule has 1 aliphatic rings. The fourth-order valence-electron chi connectivity index (χ4n) is 4.84. The van der Waals surface area contributed by atoms with Gasteiger partial charge in [-0.1, -0.05) is 60.8 Å². The van der Waals surface area contributed by atoms with E-state index in [-0.39, 0.29) is 23.4 Å². The standard InChI is InChI=1S/C27H27Cl3N6O2/c1-14(2)23-22-25(36(34-23)24-18(29)12-16(28)13-19(24)30)32-21(33-27(22)38)11-15-6-8-17(9-7-15)31-26(37)20-5-4-10-35(20)3/h6-9,12-14,20H,4-5,10-11H2,1-3H3,(H,31,37)(H,32,33,38)/t20-/m0/s1. The molecule has 1 amide bonds. The van der Waals surface area contributed by atoms with Gasteiger partial charge in [0.25, 0.3) is 5.56 Å². The number of fused-ring (bicyclic) bond motifs is 1. The minimum atomic E-state index is -0.286. The molecule has 3 heterocycles. The van der Waals surface area contributed by atoms with Crippen LogP contribution < -0.4 is 10.9 Å². The molecule has 8 nitrogen and oxygen atoms in total. The van der Waals surface area contributed by atoms with Gasteiger partial charge in [-0.3, -0.25) is 14.5 Å². The Morgan fingerprint density at radius 1 is 1.16 bits per heavy atom. The van der Waals surface area contributed by atoms with E-state index in [1.165, 1.54) is 4.68 Å². The van der Waals surface area contributed by atoms with Crippen molar-refractivity contribution in [3.63, 3.8) is 0 Å². The fourth-order valence-corrected chi connectivity index (χ4v) is 5.82. The summed E-state index contributed by atoms with van der Waals surface area (Å²) in [6.07, 6.45) is 2.26. The summed E-state index contributed by atoms with van der Waals surface area (Å²) >= 11 is 19.1. The number of hydrogen-bond acceptors (Lipinski definition) is 5. The molecular formula is C27H27Cl3N6O2. The first kappa shape index (κ1) is 26.7. The van der Waals surface area contributed by atoms with Crippen molar-refractivity contribution in [2.75, 3.05) is 18.9 Å². The van der Waals surface area contributed by atoms with Gasteiger partial charge in [-0.2, -0.15) is 5.10 Å². The highest BCUT2D eigenvalue weighted by Gasteiger charge is 2.27. The number of benzene rings is 2. The van der Waals surface area contributed by atoms with Crippen LogP contribution in [0.5, 0.6) is 0 Å². The van der Waals surface area contributed by atoms with Crippen molar-refractivity contribution in [2.24, 2.45) is 0 Å². The Morgan fingerprint density at radius 2 is 1.84 bits per heavy atom. The monoisotopic (exact) mass is 572 g/mol. The van der Waals surface area contributed by atoms with Crippen molar-refractivity contribution in [3.8, 4) is 5.69 Å². The Labute approximate surface area is 234 Å². The quantitative estimate of drug-likeness (QED) is 0.303. The third-order valence-electron chi connectivity index (χ3n) is 6.77. The average Bonchev–Trinajstić information content (AvgIpc) is 3.44. The first-order valence-electron chi connectivity index (χ1n) is 12.4. The zero-order valence-corrected chi connectivity index (χ0v) is 23.5. The van der Waals surface area contributed by atoms with E-state index in [9.17, 15) is 9.59 Å². The number of H-pyrrole nitrogens is 1. The number of hydrogen-bond donors (Lipinski definition) is 2. The largest absolute Gasteiger partial charge is 0.325 e. The summed E-state index contributed by atoms with van der Waals surface area (Å²) in [5.74, 6) is 0.427. The smallest absolute Gasteiger partial charge is 0.262 e. The Bertz CT molecular complexity index is 1560. The second-order valence-electron chi connectivity index (χ2n) is 9.88. The van der Waals surface area contributed by atoms with Crippen molar-refractivity contribution in [2.45, 2.75) is 45.1 Å². The summed E-state index contributed by atoms with van der Waals surface area (Å²) in [5.41, 5.74) is 2.72. The number of carbonyl (C=O) groups excluding carboxylic acids is 1. The van der Waals surface area contributed by atoms with Crippen LogP contribution in [0, 0.1) is 0 Å². The molecule has 1 saturated heterocycles. The first-order chi connectivity index (χ1) is 18.1. The topological polar surface area (TPSA) is 95.9 Å². The SMILES string of the molecule is CC(C)c1nn(-c2c(Cl)cc(Cl)cc2Cl)c2nc(Cc3ccc(NC(=O)[C@@H]4CCCN4C)cc3)[nH]c(=O)c12. The zero-order chi connectivity index (χ0) is 27.1. The number of carbonyl (C=O) groups is 1. The lowest BCUT2D eigenvalue weighted by Gasteiger charge is -2.18. The number of aromatic amines is 1. The average molecular weight is 574 g/mol. The number of likely N-dealkylation sites (N-methyl/N-ethyl adjacent to an activating group) is 1. The van der Waals surface area contributed by atoms with Gasteiger partial charge in [-0.05, 0) is 62.2 Å². The van der Waals surface area contributed by atoms with E-state index in [0.717, 1.165) is 30.6 Å². The Hall–Kier alpha value is -2.91. The number of likely N-dealkylation sites (tertiary alicyclic amines) is 1. The summed E-state index contributed by atoms with van der Waals surface area (Å²) < 4.78 is 1.52. The lowest BCUT2D eigenvalue weighted by atomic mass is 10.1. The lowest BCUT2D eigenvalue weighted by molar-refractivity contribution is -0.119. The molecule has 11 heteroatoms. The van der Waals surface area contributed by atoms with Crippen LogP contribution in [-0.2, 0) is 11.2 Å². The molecule has 0 bridgehead atoms. The first-order valence-corrected chi connectivity index (χ1v) is 13.5. The van der Waals surface area contributed by atoms with Gasteiger partial charge in [0.2, 0.25) is 5.91 Å². The van der Waals surface area contributed by atoms with E-state index in [4.69, 9.17) is 39.8 Å². The molecule has 0 unspecified atom stereocenters. The van der Waals surface area contributed by atoms with Crippen molar-refractivity contribution < 1.29 is 4.79 Å². The molecule has 38 heavy (non-hydrogen) atoms. The molecule has 2 aromatic heterocycles. The molecule has 2 N–H and O–H groups in total. The summed E-state index contributed by atoms with van der Waals surface area (Å²) in [7, 11) is 1.97. The number of aromatic nitrogens is 4. The van der Waals surface area contributed by atoms with E-state index in [1.807, 2.05) is 45.2 Å². The molecule has 198 valence electrons.